The summed E-state index contributed by atoms with van der Waals surface area (Å²) in [5.74, 6) is 0.734. The molecule has 0 N–H and O–H groups in total. The van der Waals surface area contributed by atoms with Crippen molar-refractivity contribution in [3.63, 3.8) is 0 Å². The Labute approximate surface area is 181 Å². The number of carbonyl (C=O) groups is 1. The van der Waals surface area contributed by atoms with E-state index in [-0.39, 0.29) is 23.8 Å². The van der Waals surface area contributed by atoms with Crippen LogP contribution >= 0.6 is 50.7 Å². The highest BCUT2D eigenvalue weighted by Crippen LogP contribution is 2.38. The zero-order chi connectivity index (χ0) is 19.6. The number of alkyl halides is 1. The minimum Gasteiger partial charge on any atom is -0.474 e. The highest BCUT2D eigenvalue weighted by atomic mass is 79.9. The van der Waals surface area contributed by atoms with Crippen LogP contribution in [-0.2, 0) is 4.79 Å². The van der Waals surface area contributed by atoms with Crippen molar-refractivity contribution in [2.24, 2.45) is 5.92 Å². The Morgan fingerprint density at radius 2 is 2.04 bits per heavy atom. The predicted octanol–water partition coefficient (Wildman–Crippen LogP) is 5.45. The maximum absolute atomic E-state index is 12.2. The Bertz CT molecular complexity index is 819. The largest absolute Gasteiger partial charge is 0.474 e. The third-order valence-electron chi connectivity index (χ3n) is 4.81. The SMILES string of the molecule is C[C@@H](Oc1ccc(Cl)cn1)[C@@H]1CN(C(=O)CBr)C[C@H]1c1ccc(Cl)c(Cl)c1. The van der Waals surface area contributed by atoms with Crippen molar-refractivity contribution in [2.75, 3.05) is 18.4 Å². The quantitative estimate of drug-likeness (QED) is 0.522. The van der Waals surface area contributed by atoms with Crippen LogP contribution in [0.5, 0.6) is 5.88 Å². The first-order chi connectivity index (χ1) is 12.9. The fourth-order valence-corrected chi connectivity index (χ4v) is 4.17. The summed E-state index contributed by atoms with van der Waals surface area (Å²) in [6.07, 6.45) is 1.39. The first kappa shape index (κ1) is 20.7. The predicted molar refractivity (Wildman–Crippen MR) is 112 cm³/mol. The average molecular weight is 493 g/mol. The first-order valence-corrected chi connectivity index (χ1v) is 10.7. The molecule has 0 spiro atoms. The van der Waals surface area contributed by atoms with Crippen LogP contribution in [0.4, 0.5) is 0 Å². The second kappa shape index (κ2) is 8.99. The van der Waals surface area contributed by atoms with Crippen LogP contribution in [0, 0.1) is 5.92 Å². The van der Waals surface area contributed by atoms with E-state index >= 15 is 0 Å². The number of rotatable bonds is 5. The third-order valence-corrected chi connectivity index (χ3v) is 6.26. The van der Waals surface area contributed by atoms with Gasteiger partial charge in [-0.25, -0.2) is 4.98 Å². The van der Waals surface area contributed by atoms with E-state index in [9.17, 15) is 4.79 Å². The second-order valence-corrected chi connectivity index (χ2v) is 8.33. The maximum atomic E-state index is 12.2. The van der Waals surface area contributed by atoms with Crippen molar-refractivity contribution in [1.29, 1.82) is 0 Å². The lowest BCUT2D eigenvalue weighted by atomic mass is 9.86. The molecule has 3 atom stereocenters. The van der Waals surface area contributed by atoms with Crippen LogP contribution in [0.2, 0.25) is 15.1 Å². The van der Waals surface area contributed by atoms with Crippen LogP contribution in [0.25, 0.3) is 0 Å². The molecule has 144 valence electrons. The molecule has 0 radical (unpaired) electrons. The molecule has 2 aromatic rings. The zero-order valence-corrected chi connectivity index (χ0v) is 18.4. The van der Waals surface area contributed by atoms with Crippen molar-refractivity contribution in [3.8, 4) is 5.88 Å². The van der Waals surface area contributed by atoms with E-state index in [2.05, 4.69) is 20.9 Å². The van der Waals surface area contributed by atoms with Gasteiger partial charge in [-0.15, -0.1) is 0 Å². The van der Waals surface area contributed by atoms with Crippen LogP contribution in [0.3, 0.4) is 0 Å². The molecule has 3 rings (SSSR count). The van der Waals surface area contributed by atoms with Gasteiger partial charge in [-0.2, -0.15) is 0 Å². The highest BCUT2D eigenvalue weighted by molar-refractivity contribution is 9.09. The molecule has 1 amide bonds. The van der Waals surface area contributed by atoms with E-state index in [1.165, 1.54) is 0 Å². The number of likely N-dealkylation sites (tertiary alicyclic amines) is 1. The molecule has 4 nitrogen and oxygen atoms in total. The van der Waals surface area contributed by atoms with Gasteiger partial charge in [-0.05, 0) is 30.7 Å². The Morgan fingerprint density at radius 3 is 2.67 bits per heavy atom. The standard InChI is InChI=1S/C19H18BrCl3N2O2/c1-11(27-18-5-3-13(21)8-24-18)14-9-25(19(26)7-20)10-15(14)12-2-4-16(22)17(23)6-12/h2-6,8,11,14-15H,7,9-10H2,1H3/t11-,14+,15+/m1/s1. The van der Waals surface area contributed by atoms with Crippen molar-refractivity contribution >= 4 is 56.6 Å². The molecular formula is C19H18BrCl3N2O2. The van der Waals surface area contributed by atoms with Gasteiger partial charge >= 0.3 is 0 Å². The monoisotopic (exact) mass is 490 g/mol. The lowest BCUT2D eigenvalue weighted by Crippen LogP contribution is -2.32. The lowest BCUT2D eigenvalue weighted by molar-refractivity contribution is -0.127. The number of ether oxygens (including phenoxy) is 1. The topological polar surface area (TPSA) is 42.4 Å². The summed E-state index contributed by atoms with van der Waals surface area (Å²) < 4.78 is 6.04. The zero-order valence-electron chi connectivity index (χ0n) is 14.5. The number of hydrogen-bond acceptors (Lipinski definition) is 3. The number of hydrogen-bond donors (Lipinski definition) is 0. The number of nitrogens with zero attached hydrogens (tertiary/aromatic N) is 2. The van der Waals surface area contributed by atoms with E-state index in [1.54, 1.807) is 24.4 Å². The molecule has 1 saturated heterocycles. The summed E-state index contributed by atoms with van der Waals surface area (Å²) in [7, 11) is 0. The van der Waals surface area contributed by atoms with Crippen molar-refractivity contribution in [1.82, 2.24) is 9.88 Å². The summed E-state index contributed by atoms with van der Waals surface area (Å²) in [6, 6.07) is 9.10. The van der Waals surface area contributed by atoms with Gasteiger partial charge in [0, 0.05) is 37.2 Å². The van der Waals surface area contributed by atoms with Gasteiger partial charge in [0.1, 0.15) is 6.10 Å². The fourth-order valence-electron chi connectivity index (χ4n) is 3.40. The highest BCUT2D eigenvalue weighted by Gasteiger charge is 2.40. The van der Waals surface area contributed by atoms with Crippen molar-refractivity contribution in [2.45, 2.75) is 18.9 Å². The molecule has 1 aliphatic rings. The average Bonchev–Trinajstić information content (AvgIpc) is 3.11. The van der Waals surface area contributed by atoms with Crippen molar-refractivity contribution < 1.29 is 9.53 Å². The molecule has 0 aliphatic carbocycles. The summed E-state index contributed by atoms with van der Waals surface area (Å²) >= 11 is 21.4. The molecule has 1 fully saturated rings. The normalized spacial score (nSPS) is 20.6. The Balaban J connectivity index is 1.84. The second-order valence-electron chi connectivity index (χ2n) is 6.51. The van der Waals surface area contributed by atoms with Gasteiger partial charge in [0.2, 0.25) is 11.8 Å². The third kappa shape index (κ3) is 4.89. The van der Waals surface area contributed by atoms with Gasteiger partial charge in [-0.3, -0.25) is 4.79 Å². The number of aromatic nitrogens is 1. The fraction of sp³-hybridized carbons (Fsp3) is 0.368. The molecule has 1 aliphatic heterocycles. The Hall–Kier alpha value is -1.01. The van der Waals surface area contributed by atoms with E-state index in [0.717, 1.165) is 5.56 Å². The number of halogens is 4. The number of amides is 1. The molecule has 0 saturated carbocycles. The van der Waals surface area contributed by atoms with Gasteiger partial charge in [-0.1, -0.05) is 56.8 Å². The summed E-state index contributed by atoms with van der Waals surface area (Å²) in [6.45, 7) is 3.20. The number of pyridine rings is 1. The minimum absolute atomic E-state index is 0.0550. The number of benzene rings is 1. The summed E-state index contributed by atoms with van der Waals surface area (Å²) in [5, 5.41) is 1.87. The molecule has 0 bridgehead atoms. The van der Waals surface area contributed by atoms with E-state index in [1.807, 2.05) is 24.0 Å². The minimum atomic E-state index is -0.161. The molecule has 1 aromatic carbocycles. The van der Waals surface area contributed by atoms with Gasteiger partial charge < -0.3 is 9.64 Å². The van der Waals surface area contributed by atoms with Gasteiger partial charge in [0.25, 0.3) is 0 Å². The molecular weight excluding hydrogens is 474 g/mol. The van der Waals surface area contributed by atoms with Crippen molar-refractivity contribution in [3.05, 3.63) is 57.2 Å². The number of carbonyl (C=O) groups excluding carboxylic acids is 1. The first-order valence-electron chi connectivity index (χ1n) is 8.46. The van der Waals surface area contributed by atoms with Gasteiger partial charge in [0.15, 0.2) is 0 Å². The molecule has 2 heterocycles. The van der Waals surface area contributed by atoms with E-state index in [4.69, 9.17) is 39.5 Å². The van der Waals surface area contributed by atoms with Crippen LogP contribution < -0.4 is 4.74 Å². The lowest BCUT2D eigenvalue weighted by Gasteiger charge is -2.25. The van der Waals surface area contributed by atoms with E-state index in [0.29, 0.717) is 39.4 Å². The molecule has 8 heteroatoms. The smallest absolute Gasteiger partial charge is 0.233 e. The molecule has 0 unspecified atom stereocenters. The Kier molecular flexibility index (Phi) is 6.90. The van der Waals surface area contributed by atoms with Crippen LogP contribution in [0.15, 0.2) is 36.5 Å². The Morgan fingerprint density at radius 1 is 1.26 bits per heavy atom. The molecule has 27 heavy (non-hydrogen) atoms. The summed E-state index contributed by atoms with van der Waals surface area (Å²) in [5.41, 5.74) is 1.04. The maximum Gasteiger partial charge on any atom is 0.233 e. The summed E-state index contributed by atoms with van der Waals surface area (Å²) in [4.78, 5) is 18.3. The van der Waals surface area contributed by atoms with E-state index < -0.39 is 0 Å². The van der Waals surface area contributed by atoms with Crippen LogP contribution in [-0.4, -0.2) is 40.3 Å². The molecule has 1 aromatic heterocycles. The van der Waals surface area contributed by atoms with Crippen LogP contribution in [0.1, 0.15) is 18.4 Å². The van der Waals surface area contributed by atoms with Gasteiger partial charge in [0.05, 0.1) is 20.4 Å².